The first-order valence-electron chi connectivity index (χ1n) is 6.96. The van der Waals surface area contributed by atoms with Crippen molar-refractivity contribution in [3.05, 3.63) is 52.8 Å². The molecule has 0 bridgehead atoms. The Kier molecular flexibility index (Phi) is 5.07. The van der Waals surface area contributed by atoms with Gasteiger partial charge in [-0.15, -0.1) is 0 Å². The van der Waals surface area contributed by atoms with E-state index in [0.29, 0.717) is 5.95 Å². The van der Waals surface area contributed by atoms with E-state index in [2.05, 4.69) is 51.8 Å². The molecule has 20 heavy (non-hydrogen) atoms. The Hall–Kier alpha value is -1.94. The lowest BCUT2D eigenvalue weighted by Gasteiger charge is -2.08. The maximum atomic E-state index is 4.35. The molecule has 2 N–H and O–H groups in total. The zero-order valence-electron chi connectivity index (χ0n) is 12.4. The van der Waals surface area contributed by atoms with E-state index >= 15 is 0 Å². The fourth-order valence-corrected chi connectivity index (χ4v) is 2.12. The van der Waals surface area contributed by atoms with Gasteiger partial charge in [0.1, 0.15) is 0 Å². The third kappa shape index (κ3) is 4.63. The summed E-state index contributed by atoms with van der Waals surface area (Å²) in [4.78, 5) is 8.70. The number of benzene rings is 1. The van der Waals surface area contributed by atoms with Gasteiger partial charge in [0.2, 0.25) is 5.95 Å². The summed E-state index contributed by atoms with van der Waals surface area (Å²) >= 11 is 0. The van der Waals surface area contributed by atoms with Gasteiger partial charge in [-0.3, -0.25) is 0 Å². The molecule has 0 aliphatic rings. The van der Waals surface area contributed by atoms with E-state index in [-0.39, 0.29) is 0 Å². The minimum absolute atomic E-state index is 0.708. The summed E-state index contributed by atoms with van der Waals surface area (Å²) in [6.07, 6.45) is 0. The summed E-state index contributed by atoms with van der Waals surface area (Å²) < 4.78 is 0. The fourth-order valence-electron chi connectivity index (χ4n) is 2.12. The van der Waals surface area contributed by atoms with Crippen molar-refractivity contribution < 1.29 is 0 Å². The minimum Gasteiger partial charge on any atom is -0.353 e. The first-order valence-corrected chi connectivity index (χ1v) is 6.96. The number of anilines is 1. The number of hydrogen-bond acceptors (Lipinski definition) is 4. The highest BCUT2D eigenvalue weighted by atomic mass is 15.1. The highest BCUT2D eigenvalue weighted by Crippen LogP contribution is 2.04. The molecule has 1 aromatic carbocycles. The molecule has 0 unspecified atom stereocenters. The molecule has 4 nitrogen and oxygen atoms in total. The second-order valence-electron chi connectivity index (χ2n) is 5.07. The Balaban J connectivity index is 1.71. The molecule has 1 heterocycles. The van der Waals surface area contributed by atoms with Crippen LogP contribution in [0.3, 0.4) is 0 Å². The molecule has 0 amide bonds. The van der Waals surface area contributed by atoms with Crippen LogP contribution in [-0.2, 0) is 6.54 Å². The van der Waals surface area contributed by atoms with Gasteiger partial charge >= 0.3 is 0 Å². The van der Waals surface area contributed by atoms with Crippen LogP contribution in [0.25, 0.3) is 0 Å². The predicted molar refractivity (Wildman–Crippen MR) is 82.9 cm³/mol. The highest BCUT2D eigenvalue weighted by Gasteiger charge is 1.98. The van der Waals surface area contributed by atoms with Gasteiger partial charge in [-0.2, -0.15) is 0 Å². The summed E-state index contributed by atoms with van der Waals surface area (Å²) in [5.74, 6) is 0.708. The van der Waals surface area contributed by atoms with Gasteiger partial charge in [-0.1, -0.05) is 29.8 Å². The lowest BCUT2D eigenvalue weighted by atomic mass is 10.1. The first kappa shape index (κ1) is 14.5. The van der Waals surface area contributed by atoms with Gasteiger partial charge in [0.15, 0.2) is 0 Å². The van der Waals surface area contributed by atoms with Crippen molar-refractivity contribution in [3.63, 3.8) is 0 Å². The lowest BCUT2D eigenvalue weighted by Crippen LogP contribution is -2.22. The largest absolute Gasteiger partial charge is 0.353 e. The fraction of sp³-hybridized carbons (Fsp3) is 0.375. The van der Waals surface area contributed by atoms with Gasteiger partial charge in [-0.05, 0) is 32.4 Å². The Bertz CT molecular complexity index is 546. The van der Waals surface area contributed by atoms with Crippen LogP contribution < -0.4 is 10.6 Å². The molecule has 2 rings (SSSR count). The summed E-state index contributed by atoms with van der Waals surface area (Å²) in [5, 5.41) is 6.65. The molecular formula is C16H22N4. The van der Waals surface area contributed by atoms with Gasteiger partial charge in [-0.25, -0.2) is 9.97 Å². The second kappa shape index (κ2) is 7.01. The summed E-state index contributed by atoms with van der Waals surface area (Å²) in [6.45, 7) is 8.66. The Labute approximate surface area is 120 Å². The Morgan fingerprint density at radius 2 is 1.70 bits per heavy atom. The van der Waals surface area contributed by atoms with Crippen LogP contribution in [0.2, 0.25) is 0 Å². The summed E-state index contributed by atoms with van der Waals surface area (Å²) in [7, 11) is 0. The van der Waals surface area contributed by atoms with Crippen molar-refractivity contribution in [2.75, 3.05) is 18.4 Å². The number of hydrogen-bond donors (Lipinski definition) is 2. The average Bonchev–Trinajstić information content (AvgIpc) is 2.37. The zero-order valence-corrected chi connectivity index (χ0v) is 12.4. The lowest BCUT2D eigenvalue weighted by molar-refractivity contribution is 0.704. The third-order valence-corrected chi connectivity index (χ3v) is 2.98. The van der Waals surface area contributed by atoms with E-state index in [1.165, 1.54) is 11.1 Å². The van der Waals surface area contributed by atoms with Gasteiger partial charge in [0, 0.05) is 31.0 Å². The van der Waals surface area contributed by atoms with E-state index in [1.807, 2.05) is 19.9 Å². The molecule has 0 radical (unpaired) electrons. The van der Waals surface area contributed by atoms with E-state index in [0.717, 1.165) is 31.0 Å². The third-order valence-electron chi connectivity index (χ3n) is 2.98. The van der Waals surface area contributed by atoms with Gasteiger partial charge in [0.05, 0.1) is 0 Å². The van der Waals surface area contributed by atoms with Gasteiger partial charge in [0.25, 0.3) is 0 Å². The number of nitrogens with one attached hydrogen (secondary N) is 2. The monoisotopic (exact) mass is 270 g/mol. The standard InChI is InChI=1S/C16H22N4/c1-12-5-4-6-15(9-12)11-17-7-8-18-16-19-13(2)10-14(3)20-16/h4-6,9-10,17H,7-8,11H2,1-3H3,(H,18,19,20). The molecule has 4 heteroatoms. The average molecular weight is 270 g/mol. The Morgan fingerprint density at radius 3 is 2.40 bits per heavy atom. The molecular weight excluding hydrogens is 248 g/mol. The van der Waals surface area contributed by atoms with Crippen molar-refractivity contribution in [2.24, 2.45) is 0 Å². The SMILES string of the molecule is Cc1cccc(CNCCNc2nc(C)cc(C)n2)c1. The predicted octanol–water partition coefficient (Wildman–Crippen LogP) is 2.60. The topological polar surface area (TPSA) is 49.8 Å². The van der Waals surface area contributed by atoms with E-state index in [9.17, 15) is 0 Å². The van der Waals surface area contributed by atoms with Gasteiger partial charge < -0.3 is 10.6 Å². The molecule has 0 spiro atoms. The Morgan fingerprint density at radius 1 is 0.950 bits per heavy atom. The van der Waals surface area contributed by atoms with Crippen LogP contribution in [0.5, 0.6) is 0 Å². The minimum atomic E-state index is 0.708. The maximum absolute atomic E-state index is 4.35. The van der Waals surface area contributed by atoms with Crippen LogP contribution >= 0.6 is 0 Å². The van der Waals surface area contributed by atoms with E-state index < -0.39 is 0 Å². The molecule has 0 atom stereocenters. The van der Waals surface area contributed by atoms with Crippen molar-refractivity contribution in [3.8, 4) is 0 Å². The van der Waals surface area contributed by atoms with Crippen LogP contribution in [0.15, 0.2) is 30.3 Å². The molecule has 0 saturated heterocycles. The summed E-state index contributed by atoms with van der Waals surface area (Å²) in [6, 6.07) is 10.5. The molecule has 2 aromatic rings. The van der Waals surface area contributed by atoms with E-state index in [1.54, 1.807) is 0 Å². The molecule has 0 fully saturated rings. The summed E-state index contributed by atoms with van der Waals surface area (Å²) in [5.41, 5.74) is 4.60. The van der Waals surface area contributed by atoms with Crippen molar-refractivity contribution in [2.45, 2.75) is 27.3 Å². The van der Waals surface area contributed by atoms with Crippen molar-refractivity contribution in [1.82, 2.24) is 15.3 Å². The molecule has 0 aliphatic carbocycles. The van der Waals surface area contributed by atoms with Crippen LogP contribution in [0.4, 0.5) is 5.95 Å². The normalized spacial score (nSPS) is 10.6. The number of nitrogens with zero attached hydrogens (tertiary/aromatic N) is 2. The van der Waals surface area contributed by atoms with Crippen LogP contribution in [-0.4, -0.2) is 23.1 Å². The quantitative estimate of drug-likeness (QED) is 0.792. The zero-order chi connectivity index (χ0) is 14.4. The van der Waals surface area contributed by atoms with Crippen LogP contribution in [0.1, 0.15) is 22.5 Å². The smallest absolute Gasteiger partial charge is 0.223 e. The van der Waals surface area contributed by atoms with Crippen LogP contribution in [0, 0.1) is 20.8 Å². The number of rotatable bonds is 6. The first-order chi connectivity index (χ1) is 9.63. The molecule has 0 saturated carbocycles. The number of aryl methyl sites for hydroxylation is 3. The van der Waals surface area contributed by atoms with E-state index in [4.69, 9.17) is 0 Å². The van der Waals surface area contributed by atoms with Crippen molar-refractivity contribution in [1.29, 1.82) is 0 Å². The second-order valence-corrected chi connectivity index (χ2v) is 5.07. The maximum Gasteiger partial charge on any atom is 0.223 e. The molecule has 106 valence electrons. The number of aromatic nitrogens is 2. The molecule has 1 aromatic heterocycles. The van der Waals surface area contributed by atoms with Crippen molar-refractivity contribution >= 4 is 5.95 Å². The highest BCUT2D eigenvalue weighted by molar-refractivity contribution is 5.27. The molecule has 0 aliphatic heterocycles.